The van der Waals surface area contributed by atoms with Gasteiger partial charge in [-0.15, -0.1) is 0 Å². The van der Waals surface area contributed by atoms with Crippen LogP contribution < -0.4 is 4.90 Å². The molecule has 37 heavy (non-hydrogen) atoms. The fourth-order valence-electron chi connectivity index (χ4n) is 4.52. The lowest BCUT2D eigenvalue weighted by atomic mass is 10.1. The second-order valence-corrected chi connectivity index (χ2v) is 10.6. The standard InChI is InChI=1S/C24H31ClN8O4/c1-24(2,3)33(23(34)35)13-17-26-10-16(11-27-17)19-29-20(31-5-8-36-9-6-31)18-21(30-19)32(22(25)28-18)12-15-4-7-37-14-15/h10-11,15H,4-9,12-14H2,1-3H3,(H,34,35). The zero-order chi connectivity index (χ0) is 26.2. The van der Waals surface area contributed by atoms with E-state index in [0.717, 1.165) is 13.0 Å². The number of hydrogen-bond acceptors (Lipinski definition) is 9. The second-order valence-electron chi connectivity index (χ2n) is 10.3. The van der Waals surface area contributed by atoms with Crippen LogP contribution in [0.5, 0.6) is 0 Å². The summed E-state index contributed by atoms with van der Waals surface area (Å²) in [4.78, 5) is 38.3. The topological polar surface area (TPSA) is 132 Å². The van der Waals surface area contributed by atoms with Crippen molar-refractivity contribution < 1.29 is 19.4 Å². The van der Waals surface area contributed by atoms with Crippen LogP contribution in [-0.2, 0) is 22.6 Å². The maximum atomic E-state index is 11.7. The maximum absolute atomic E-state index is 11.7. The van der Waals surface area contributed by atoms with Crippen molar-refractivity contribution in [1.82, 2.24) is 34.4 Å². The summed E-state index contributed by atoms with van der Waals surface area (Å²) in [5.41, 5.74) is 1.33. The number of halogens is 1. The molecule has 0 bridgehead atoms. The number of nitrogens with zero attached hydrogens (tertiary/aromatic N) is 8. The third-order valence-electron chi connectivity index (χ3n) is 6.61. The van der Waals surface area contributed by atoms with E-state index in [1.165, 1.54) is 4.90 Å². The number of anilines is 1. The summed E-state index contributed by atoms with van der Waals surface area (Å²) in [6.07, 6.45) is 3.19. The Morgan fingerprint density at radius 2 is 1.86 bits per heavy atom. The van der Waals surface area contributed by atoms with Crippen LogP contribution in [0.4, 0.5) is 10.6 Å². The zero-order valence-corrected chi connectivity index (χ0v) is 22.0. The van der Waals surface area contributed by atoms with E-state index >= 15 is 0 Å². The smallest absolute Gasteiger partial charge is 0.408 e. The number of fused-ring (bicyclic) bond motifs is 1. The Hall–Kier alpha value is -3.09. The summed E-state index contributed by atoms with van der Waals surface area (Å²) in [6.45, 7) is 10.2. The molecule has 2 aliphatic heterocycles. The highest BCUT2D eigenvalue weighted by Crippen LogP contribution is 2.31. The van der Waals surface area contributed by atoms with Gasteiger partial charge in [-0.3, -0.25) is 9.47 Å². The van der Waals surface area contributed by atoms with Gasteiger partial charge < -0.3 is 19.5 Å². The quantitative estimate of drug-likeness (QED) is 0.474. The van der Waals surface area contributed by atoms with Gasteiger partial charge in [0.15, 0.2) is 22.8 Å². The minimum Gasteiger partial charge on any atom is -0.465 e. The van der Waals surface area contributed by atoms with Crippen LogP contribution >= 0.6 is 11.6 Å². The SMILES string of the molecule is CC(C)(C)N(Cc1ncc(-c2nc(N3CCOCC3)c3nc(Cl)n(CC4CCOC4)c3n2)cn1)C(=O)O. The average Bonchev–Trinajstić information content (AvgIpc) is 3.50. The van der Waals surface area contributed by atoms with Gasteiger partial charge in [0.2, 0.25) is 5.28 Å². The minimum atomic E-state index is -1.03. The molecule has 12 nitrogen and oxygen atoms in total. The van der Waals surface area contributed by atoms with Gasteiger partial charge in [-0.25, -0.2) is 29.7 Å². The molecule has 1 atom stereocenters. The number of ether oxygens (including phenoxy) is 2. The van der Waals surface area contributed by atoms with Crippen LogP contribution in [0.1, 0.15) is 33.0 Å². The molecule has 0 saturated carbocycles. The summed E-state index contributed by atoms with van der Waals surface area (Å²) >= 11 is 6.61. The van der Waals surface area contributed by atoms with Crippen LogP contribution in [-0.4, -0.2) is 90.6 Å². The zero-order valence-electron chi connectivity index (χ0n) is 21.2. The third kappa shape index (κ3) is 5.46. The normalized spacial score (nSPS) is 18.5. The maximum Gasteiger partial charge on any atom is 0.408 e. The molecule has 1 unspecified atom stereocenters. The van der Waals surface area contributed by atoms with Gasteiger partial charge in [-0.1, -0.05) is 0 Å². The molecule has 3 aromatic rings. The average molecular weight is 531 g/mol. The van der Waals surface area contributed by atoms with Gasteiger partial charge in [0.25, 0.3) is 0 Å². The Bertz CT molecular complexity index is 1260. The van der Waals surface area contributed by atoms with Crippen LogP contribution in [0.3, 0.4) is 0 Å². The molecule has 3 aromatic heterocycles. The van der Waals surface area contributed by atoms with E-state index in [0.29, 0.717) is 84.9 Å². The van der Waals surface area contributed by atoms with Gasteiger partial charge in [0, 0.05) is 50.1 Å². The fourth-order valence-corrected chi connectivity index (χ4v) is 4.75. The molecule has 5 rings (SSSR count). The molecule has 0 aliphatic carbocycles. The first kappa shape index (κ1) is 25.6. The molecule has 2 saturated heterocycles. The molecule has 1 amide bonds. The van der Waals surface area contributed by atoms with E-state index in [1.54, 1.807) is 12.4 Å². The minimum absolute atomic E-state index is 0.0733. The molecule has 2 fully saturated rings. The van der Waals surface area contributed by atoms with Gasteiger partial charge in [-0.2, -0.15) is 0 Å². The van der Waals surface area contributed by atoms with Crippen molar-refractivity contribution >= 4 is 34.7 Å². The first-order valence-corrected chi connectivity index (χ1v) is 12.7. The Morgan fingerprint density at radius 1 is 1.14 bits per heavy atom. The van der Waals surface area contributed by atoms with Crippen LogP contribution in [0.25, 0.3) is 22.6 Å². The highest BCUT2D eigenvalue weighted by atomic mass is 35.5. The Morgan fingerprint density at radius 3 is 2.49 bits per heavy atom. The lowest BCUT2D eigenvalue weighted by molar-refractivity contribution is 0.0937. The van der Waals surface area contributed by atoms with Crippen molar-refractivity contribution in [1.29, 1.82) is 0 Å². The van der Waals surface area contributed by atoms with Gasteiger partial charge in [-0.05, 0) is 38.8 Å². The lowest BCUT2D eigenvalue weighted by Crippen LogP contribution is -2.44. The monoisotopic (exact) mass is 530 g/mol. The second kappa shape index (κ2) is 10.3. The fraction of sp³-hybridized carbons (Fsp3) is 0.583. The van der Waals surface area contributed by atoms with E-state index in [1.807, 2.05) is 25.3 Å². The number of amides is 1. The molecule has 2 aliphatic rings. The predicted molar refractivity (Wildman–Crippen MR) is 137 cm³/mol. The van der Waals surface area contributed by atoms with Gasteiger partial charge in [0.05, 0.1) is 31.9 Å². The lowest BCUT2D eigenvalue weighted by Gasteiger charge is -2.32. The summed E-state index contributed by atoms with van der Waals surface area (Å²) in [7, 11) is 0. The van der Waals surface area contributed by atoms with Crippen molar-refractivity contribution in [2.75, 3.05) is 44.4 Å². The summed E-state index contributed by atoms with van der Waals surface area (Å²) < 4.78 is 13.0. The van der Waals surface area contributed by atoms with E-state index in [2.05, 4.69) is 19.9 Å². The van der Waals surface area contributed by atoms with Crippen molar-refractivity contribution in [2.45, 2.75) is 45.8 Å². The van der Waals surface area contributed by atoms with Crippen molar-refractivity contribution in [2.24, 2.45) is 5.92 Å². The Kier molecular flexibility index (Phi) is 7.15. The summed E-state index contributed by atoms with van der Waals surface area (Å²) in [5.74, 6) is 1.88. The molecule has 0 aromatic carbocycles. The number of morpholine rings is 1. The van der Waals surface area contributed by atoms with E-state index in [4.69, 9.17) is 31.0 Å². The van der Waals surface area contributed by atoms with Crippen LogP contribution in [0, 0.1) is 5.92 Å². The van der Waals surface area contributed by atoms with Crippen molar-refractivity contribution in [3.05, 3.63) is 23.5 Å². The molecular formula is C24H31ClN8O4. The molecule has 5 heterocycles. The molecule has 13 heteroatoms. The molecular weight excluding hydrogens is 500 g/mol. The van der Waals surface area contributed by atoms with Crippen LogP contribution in [0.2, 0.25) is 5.28 Å². The molecule has 0 spiro atoms. The number of hydrogen-bond donors (Lipinski definition) is 1. The first-order valence-electron chi connectivity index (χ1n) is 12.4. The van der Waals surface area contributed by atoms with E-state index in [-0.39, 0.29) is 6.54 Å². The Balaban J connectivity index is 1.52. The number of carbonyl (C=O) groups is 1. The predicted octanol–water partition coefficient (Wildman–Crippen LogP) is 3.09. The highest BCUT2D eigenvalue weighted by Gasteiger charge is 2.28. The molecule has 1 N–H and O–H groups in total. The largest absolute Gasteiger partial charge is 0.465 e. The highest BCUT2D eigenvalue weighted by molar-refractivity contribution is 6.29. The van der Waals surface area contributed by atoms with Crippen molar-refractivity contribution in [3.8, 4) is 11.4 Å². The third-order valence-corrected chi connectivity index (χ3v) is 6.90. The van der Waals surface area contributed by atoms with Crippen LogP contribution in [0.15, 0.2) is 12.4 Å². The summed E-state index contributed by atoms with van der Waals surface area (Å²) in [5, 5.41) is 9.96. The number of aromatic nitrogens is 6. The van der Waals surface area contributed by atoms with Crippen molar-refractivity contribution in [3.63, 3.8) is 0 Å². The summed E-state index contributed by atoms with van der Waals surface area (Å²) in [6, 6.07) is 0. The van der Waals surface area contributed by atoms with Gasteiger partial charge in [0.1, 0.15) is 5.82 Å². The number of carboxylic acid groups (broad SMARTS) is 1. The van der Waals surface area contributed by atoms with Gasteiger partial charge >= 0.3 is 6.09 Å². The number of rotatable bonds is 6. The van der Waals surface area contributed by atoms with E-state index in [9.17, 15) is 9.90 Å². The Labute approximate surface area is 219 Å². The number of imidazole rings is 1. The molecule has 198 valence electrons. The molecule has 0 radical (unpaired) electrons. The van der Waals surface area contributed by atoms with E-state index < -0.39 is 11.6 Å². The first-order chi connectivity index (χ1) is 17.7.